The molecule has 4 fully saturated rings. The number of rotatable bonds is 4. The summed E-state index contributed by atoms with van der Waals surface area (Å²) in [6.45, 7) is 6.55. The van der Waals surface area contributed by atoms with Gasteiger partial charge in [-0.3, -0.25) is 9.69 Å². The van der Waals surface area contributed by atoms with Crippen molar-refractivity contribution in [2.24, 2.45) is 11.8 Å². The standard InChI is InChI=1S/C21H32N2O7/c1-3-27-20(25)29-16-11-15-14-8-6-10-22-9-5-7-13(17(14)22)12-23(15)19(24)18(16)30-21(26)28-4-2/h13-18H,3-12H2,1-2H3. The molecular formula is C21H32N2O7. The van der Waals surface area contributed by atoms with E-state index in [4.69, 9.17) is 18.9 Å². The topological polar surface area (TPSA) is 94.6 Å². The summed E-state index contributed by atoms with van der Waals surface area (Å²) < 4.78 is 20.6. The van der Waals surface area contributed by atoms with Crippen LogP contribution in [0.25, 0.3) is 0 Å². The fraction of sp³-hybridized carbons (Fsp3) is 0.857. The molecule has 4 rings (SSSR count). The predicted octanol–water partition coefficient (Wildman–Crippen LogP) is 2.17. The molecule has 0 aromatic rings. The Morgan fingerprint density at radius 2 is 1.67 bits per heavy atom. The summed E-state index contributed by atoms with van der Waals surface area (Å²) in [5, 5.41) is 0. The van der Waals surface area contributed by atoms with Crippen molar-refractivity contribution >= 4 is 18.2 Å². The lowest BCUT2D eigenvalue weighted by Gasteiger charge is -2.59. The van der Waals surface area contributed by atoms with Gasteiger partial charge in [0.15, 0.2) is 6.10 Å². The van der Waals surface area contributed by atoms with Crippen LogP contribution in [0.15, 0.2) is 0 Å². The first-order valence-electron chi connectivity index (χ1n) is 11.2. The molecule has 0 bridgehead atoms. The van der Waals surface area contributed by atoms with Gasteiger partial charge in [-0.2, -0.15) is 0 Å². The van der Waals surface area contributed by atoms with Crippen LogP contribution in [0.1, 0.15) is 46.0 Å². The summed E-state index contributed by atoms with van der Waals surface area (Å²) in [6, 6.07) is 0.452. The first-order chi connectivity index (χ1) is 14.5. The summed E-state index contributed by atoms with van der Waals surface area (Å²) in [6.07, 6.45) is 1.01. The van der Waals surface area contributed by atoms with Crippen LogP contribution in [0.4, 0.5) is 9.59 Å². The van der Waals surface area contributed by atoms with Crippen molar-refractivity contribution in [3.63, 3.8) is 0 Å². The van der Waals surface area contributed by atoms with Gasteiger partial charge in [0.05, 0.1) is 13.2 Å². The molecule has 0 aromatic heterocycles. The summed E-state index contributed by atoms with van der Waals surface area (Å²) in [5.74, 6) is 0.489. The molecule has 6 unspecified atom stereocenters. The summed E-state index contributed by atoms with van der Waals surface area (Å²) >= 11 is 0. The highest BCUT2D eigenvalue weighted by molar-refractivity contribution is 5.85. The zero-order valence-electron chi connectivity index (χ0n) is 17.8. The number of amides is 1. The highest BCUT2D eigenvalue weighted by atomic mass is 16.8. The molecule has 0 N–H and O–H groups in total. The minimum Gasteiger partial charge on any atom is -0.435 e. The zero-order valence-corrected chi connectivity index (χ0v) is 17.8. The fourth-order valence-electron chi connectivity index (χ4n) is 6.00. The molecule has 0 aliphatic carbocycles. The number of nitrogens with zero attached hydrogens (tertiary/aromatic N) is 2. The van der Waals surface area contributed by atoms with Gasteiger partial charge in [0, 0.05) is 25.0 Å². The Balaban J connectivity index is 1.58. The third-order valence-corrected chi connectivity index (χ3v) is 7.01. The Labute approximate surface area is 176 Å². The van der Waals surface area contributed by atoms with Crippen LogP contribution in [0.3, 0.4) is 0 Å². The van der Waals surface area contributed by atoms with Crippen molar-refractivity contribution in [1.29, 1.82) is 0 Å². The van der Waals surface area contributed by atoms with Gasteiger partial charge in [-0.15, -0.1) is 0 Å². The Morgan fingerprint density at radius 1 is 1.00 bits per heavy atom. The lowest BCUT2D eigenvalue weighted by Crippen LogP contribution is -2.70. The van der Waals surface area contributed by atoms with E-state index >= 15 is 0 Å². The largest absolute Gasteiger partial charge is 0.509 e. The van der Waals surface area contributed by atoms with E-state index < -0.39 is 24.5 Å². The Bertz CT molecular complexity index is 670. The molecule has 1 amide bonds. The molecule has 30 heavy (non-hydrogen) atoms. The fourth-order valence-corrected chi connectivity index (χ4v) is 6.00. The highest BCUT2D eigenvalue weighted by Crippen LogP contribution is 2.45. The Kier molecular flexibility index (Phi) is 6.36. The lowest BCUT2D eigenvalue weighted by molar-refractivity contribution is -0.178. The molecule has 4 aliphatic rings. The molecule has 0 spiro atoms. The third-order valence-electron chi connectivity index (χ3n) is 7.01. The molecule has 6 atom stereocenters. The number of hydrogen-bond acceptors (Lipinski definition) is 8. The molecule has 0 saturated carbocycles. The van der Waals surface area contributed by atoms with Crippen molar-refractivity contribution in [3.8, 4) is 0 Å². The van der Waals surface area contributed by atoms with E-state index in [0.29, 0.717) is 30.8 Å². The van der Waals surface area contributed by atoms with Crippen LogP contribution in [0.2, 0.25) is 0 Å². The number of carbonyl (C=O) groups is 3. The van der Waals surface area contributed by atoms with E-state index in [1.54, 1.807) is 13.8 Å². The van der Waals surface area contributed by atoms with Crippen LogP contribution in [-0.2, 0) is 23.7 Å². The minimum atomic E-state index is -1.20. The molecule has 4 heterocycles. The smallest absolute Gasteiger partial charge is 0.435 e. The van der Waals surface area contributed by atoms with Crippen molar-refractivity contribution in [3.05, 3.63) is 0 Å². The van der Waals surface area contributed by atoms with E-state index in [1.165, 1.54) is 0 Å². The number of piperidine rings is 4. The van der Waals surface area contributed by atoms with Crippen LogP contribution >= 0.6 is 0 Å². The van der Waals surface area contributed by atoms with Gasteiger partial charge in [0.1, 0.15) is 0 Å². The van der Waals surface area contributed by atoms with E-state index in [1.807, 2.05) is 4.90 Å². The average Bonchev–Trinajstić information content (AvgIpc) is 2.72. The first kappa shape index (κ1) is 21.2. The van der Waals surface area contributed by atoms with Gasteiger partial charge in [0.2, 0.25) is 6.10 Å². The molecule has 4 aliphatic heterocycles. The molecule has 9 heteroatoms. The maximum Gasteiger partial charge on any atom is 0.509 e. The van der Waals surface area contributed by atoms with Crippen LogP contribution in [-0.4, -0.2) is 85.2 Å². The van der Waals surface area contributed by atoms with Crippen molar-refractivity contribution in [2.75, 3.05) is 32.8 Å². The van der Waals surface area contributed by atoms with Crippen molar-refractivity contribution in [1.82, 2.24) is 9.80 Å². The average molecular weight is 424 g/mol. The molecule has 0 radical (unpaired) electrons. The van der Waals surface area contributed by atoms with E-state index in [9.17, 15) is 14.4 Å². The van der Waals surface area contributed by atoms with E-state index in [0.717, 1.165) is 38.8 Å². The molecule has 168 valence electrons. The van der Waals surface area contributed by atoms with Gasteiger partial charge < -0.3 is 23.8 Å². The van der Waals surface area contributed by atoms with Crippen LogP contribution in [0.5, 0.6) is 0 Å². The van der Waals surface area contributed by atoms with Gasteiger partial charge >= 0.3 is 12.3 Å². The number of carbonyl (C=O) groups excluding carboxylic acids is 3. The Morgan fingerprint density at radius 3 is 2.37 bits per heavy atom. The van der Waals surface area contributed by atoms with Crippen LogP contribution in [0, 0.1) is 11.8 Å². The van der Waals surface area contributed by atoms with E-state index in [2.05, 4.69) is 4.90 Å². The SMILES string of the molecule is CCOC(=O)OC1CC2C3CCCN4CCCC(CN2C(=O)C1OC(=O)OCC)C34. The van der Waals surface area contributed by atoms with Gasteiger partial charge in [-0.1, -0.05) is 0 Å². The number of ether oxygens (including phenoxy) is 4. The third kappa shape index (κ3) is 3.96. The molecular weight excluding hydrogens is 392 g/mol. The van der Waals surface area contributed by atoms with Gasteiger partial charge in [0.25, 0.3) is 5.91 Å². The summed E-state index contributed by atoms with van der Waals surface area (Å²) in [4.78, 5) is 41.9. The van der Waals surface area contributed by atoms with Crippen molar-refractivity contribution < 1.29 is 33.3 Å². The quantitative estimate of drug-likeness (QED) is 0.634. The minimum absolute atomic E-state index is 0.0267. The monoisotopic (exact) mass is 424 g/mol. The second-order valence-corrected chi connectivity index (χ2v) is 8.59. The number of hydrogen-bond donors (Lipinski definition) is 0. The summed E-state index contributed by atoms with van der Waals surface area (Å²) in [7, 11) is 0. The van der Waals surface area contributed by atoms with Crippen molar-refractivity contribution in [2.45, 2.75) is 70.2 Å². The zero-order chi connectivity index (χ0) is 21.3. The van der Waals surface area contributed by atoms with Gasteiger partial charge in [-0.05, 0) is 64.5 Å². The molecule has 4 saturated heterocycles. The highest BCUT2D eigenvalue weighted by Gasteiger charge is 2.56. The lowest BCUT2D eigenvalue weighted by atomic mass is 9.67. The molecule has 0 aromatic carbocycles. The normalized spacial score (nSPS) is 35.7. The van der Waals surface area contributed by atoms with E-state index in [-0.39, 0.29) is 25.2 Å². The maximum absolute atomic E-state index is 13.4. The first-order valence-corrected chi connectivity index (χ1v) is 11.2. The second kappa shape index (κ2) is 8.99. The second-order valence-electron chi connectivity index (χ2n) is 8.59. The molecule has 9 nitrogen and oxygen atoms in total. The van der Waals surface area contributed by atoms with Crippen LogP contribution < -0.4 is 0 Å². The maximum atomic E-state index is 13.4. The van der Waals surface area contributed by atoms with Gasteiger partial charge in [-0.25, -0.2) is 9.59 Å². The predicted molar refractivity (Wildman–Crippen MR) is 105 cm³/mol. The number of fused-ring (bicyclic) bond motifs is 2. The Hall–Kier alpha value is -2.03. The summed E-state index contributed by atoms with van der Waals surface area (Å²) in [5.41, 5.74) is 0.